The number of aryl methyl sites for hydroxylation is 1. The molecule has 2 rings (SSSR count). The van der Waals surface area contributed by atoms with E-state index in [-0.39, 0.29) is 0 Å². The summed E-state index contributed by atoms with van der Waals surface area (Å²) in [7, 11) is 1.70. The molecule has 1 aliphatic heterocycles. The van der Waals surface area contributed by atoms with Gasteiger partial charge in [0.25, 0.3) is 0 Å². The Morgan fingerprint density at radius 3 is 3.13 bits per heavy atom. The van der Waals surface area contributed by atoms with Gasteiger partial charge in [-0.2, -0.15) is 0 Å². The van der Waals surface area contributed by atoms with E-state index in [0.29, 0.717) is 12.0 Å². The van der Waals surface area contributed by atoms with Gasteiger partial charge in [-0.05, 0) is 56.5 Å². The van der Waals surface area contributed by atoms with E-state index in [0.717, 1.165) is 38.2 Å². The van der Waals surface area contributed by atoms with E-state index < -0.39 is 0 Å². The van der Waals surface area contributed by atoms with Crippen LogP contribution in [0, 0.1) is 0 Å². The Hall–Kier alpha value is -1.75. The van der Waals surface area contributed by atoms with Gasteiger partial charge in [-0.1, -0.05) is 19.1 Å². The fourth-order valence-electron chi connectivity index (χ4n) is 3.11. The number of rotatable bonds is 8. The number of benzene rings is 1. The first-order valence-electron chi connectivity index (χ1n) is 8.63. The van der Waals surface area contributed by atoms with E-state index in [1.807, 2.05) is 12.1 Å². The average molecular weight is 318 g/mol. The molecular formula is C18H30N4O. The van der Waals surface area contributed by atoms with E-state index in [2.05, 4.69) is 34.3 Å². The lowest BCUT2D eigenvalue weighted by Gasteiger charge is -2.20. The number of ether oxygens (including phenoxy) is 1. The normalized spacial score (nSPS) is 19.0. The zero-order valence-corrected chi connectivity index (χ0v) is 14.4. The number of nitrogens with zero attached hydrogens (tertiary/aromatic N) is 2. The molecule has 5 heteroatoms. The standard InChI is InChI=1S/C18H30N4O/c1-3-22-12-6-9-16(22)14-21-18(19)20-11-5-8-15-7-4-10-17(13-15)23-2/h4,7,10,13,16H,3,5-6,8-9,11-12,14H2,1-2H3,(H3,19,20,21). The Labute approximate surface area is 139 Å². The quantitative estimate of drug-likeness (QED) is 0.437. The minimum atomic E-state index is 0.567. The molecule has 0 spiro atoms. The predicted octanol–water partition coefficient (Wildman–Crippen LogP) is 2.02. The second kappa shape index (κ2) is 9.40. The fraction of sp³-hybridized carbons (Fsp3) is 0.611. The van der Waals surface area contributed by atoms with Crippen LogP contribution in [0.25, 0.3) is 0 Å². The maximum Gasteiger partial charge on any atom is 0.188 e. The van der Waals surface area contributed by atoms with Gasteiger partial charge in [-0.15, -0.1) is 0 Å². The van der Waals surface area contributed by atoms with Crippen LogP contribution in [0.1, 0.15) is 31.7 Å². The molecule has 1 saturated heterocycles. The number of methoxy groups -OCH3 is 1. The van der Waals surface area contributed by atoms with Gasteiger partial charge < -0.3 is 15.8 Å². The molecule has 3 N–H and O–H groups in total. The van der Waals surface area contributed by atoms with Gasteiger partial charge in [0.05, 0.1) is 13.7 Å². The molecule has 1 aliphatic rings. The highest BCUT2D eigenvalue weighted by atomic mass is 16.5. The minimum absolute atomic E-state index is 0.567. The van der Waals surface area contributed by atoms with Gasteiger partial charge in [-0.25, -0.2) is 0 Å². The first-order valence-corrected chi connectivity index (χ1v) is 8.63. The van der Waals surface area contributed by atoms with Crippen molar-refractivity contribution in [1.82, 2.24) is 10.2 Å². The van der Waals surface area contributed by atoms with E-state index in [1.54, 1.807) is 7.11 Å². The second-order valence-corrected chi connectivity index (χ2v) is 6.03. The van der Waals surface area contributed by atoms with Gasteiger partial charge in [0, 0.05) is 12.6 Å². The monoisotopic (exact) mass is 318 g/mol. The molecule has 1 fully saturated rings. The molecule has 1 aromatic carbocycles. The maximum absolute atomic E-state index is 5.96. The van der Waals surface area contributed by atoms with Gasteiger partial charge in [-0.3, -0.25) is 9.89 Å². The van der Waals surface area contributed by atoms with E-state index in [1.165, 1.54) is 24.9 Å². The van der Waals surface area contributed by atoms with Crippen molar-refractivity contribution in [2.24, 2.45) is 10.7 Å². The van der Waals surface area contributed by atoms with Crippen LogP contribution in [0.4, 0.5) is 0 Å². The van der Waals surface area contributed by atoms with Gasteiger partial charge in [0.15, 0.2) is 5.96 Å². The summed E-state index contributed by atoms with van der Waals surface area (Å²) in [6.45, 7) is 6.16. The van der Waals surface area contributed by atoms with Crippen LogP contribution in [-0.2, 0) is 6.42 Å². The molecule has 1 unspecified atom stereocenters. The van der Waals surface area contributed by atoms with Crippen molar-refractivity contribution in [3.8, 4) is 5.75 Å². The fourth-order valence-corrected chi connectivity index (χ4v) is 3.11. The summed E-state index contributed by atoms with van der Waals surface area (Å²) in [5.74, 6) is 1.48. The molecule has 0 aromatic heterocycles. The molecule has 1 aromatic rings. The summed E-state index contributed by atoms with van der Waals surface area (Å²) in [5.41, 5.74) is 7.25. The molecule has 0 aliphatic carbocycles. The van der Waals surface area contributed by atoms with Crippen molar-refractivity contribution in [3.05, 3.63) is 29.8 Å². The first-order chi connectivity index (χ1) is 11.2. The van der Waals surface area contributed by atoms with Crippen molar-refractivity contribution in [2.75, 3.05) is 33.3 Å². The van der Waals surface area contributed by atoms with E-state index >= 15 is 0 Å². The second-order valence-electron chi connectivity index (χ2n) is 6.03. The number of aliphatic imine (C=N–C) groups is 1. The molecule has 0 bridgehead atoms. The molecule has 0 saturated carbocycles. The van der Waals surface area contributed by atoms with E-state index in [4.69, 9.17) is 10.5 Å². The molecular weight excluding hydrogens is 288 g/mol. The Bertz CT molecular complexity index is 504. The molecule has 0 amide bonds. The Morgan fingerprint density at radius 1 is 1.48 bits per heavy atom. The topological polar surface area (TPSA) is 62.9 Å². The maximum atomic E-state index is 5.96. The minimum Gasteiger partial charge on any atom is -0.497 e. The zero-order chi connectivity index (χ0) is 16.5. The van der Waals surface area contributed by atoms with Crippen molar-refractivity contribution < 1.29 is 4.74 Å². The zero-order valence-electron chi connectivity index (χ0n) is 14.4. The lowest BCUT2D eigenvalue weighted by molar-refractivity contribution is 0.273. The van der Waals surface area contributed by atoms with Crippen molar-refractivity contribution in [3.63, 3.8) is 0 Å². The van der Waals surface area contributed by atoms with Crippen LogP contribution >= 0.6 is 0 Å². The van der Waals surface area contributed by atoms with Gasteiger partial charge in [0.2, 0.25) is 0 Å². The lowest BCUT2D eigenvalue weighted by Crippen LogP contribution is -2.36. The molecule has 23 heavy (non-hydrogen) atoms. The molecule has 5 nitrogen and oxygen atoms in total. The first kappa shape index (κ1) is 17.6. The summed E-state index contributed by atoms with van der Waals surface area (Å²) in [6, 6.07) is 8.76. The number of guanidine groups is 1. The van der Waals surface area contributed by atoms with Gasteiger partial charge >= 0.3 is 0 Å². The largest absolute Gasteiger partial charge is 0.497 e. The molecule has 128 valence electrons. The number of likely N-dealkylation sites (tertiary alicyclic amines) is 1. The van der Waals surface area contributed by atoms with Crippen LogP contribution in [0.3, 0.4) is 0 Å². The van der Waals surface area contributed by atoms with Crippen molar-refractivity contribution >= 4 is 5.96 Å². The Morgan fingerprint density at radius 2 is 2.35 bits per heavy atom. The highest BCUT2D eigenvalue weighted by Gasteiger charge is 2.22. The third-order valence-electron chi connectivity index (χ3n) is 4.46. The Kier molecular flexibility index (Phi) is 7.20. The highest BCUT2D eigenvalue weighted by molar-refractivity contribution is 5.77. The van der Waals surface area contributed by atoms with Crippen molar-refractivity contribution in [2.45, 2.75) is 38.6 Å². The van der Waals surface area contributed by atoms with Crippen LogP contribution < -0.4 is 15.8 Å². The third kappa shape index (κ3) is 5.75. The summed E-state index contributed by atoms with van der Waals surface area (Å²) in [4.78, 5) is 6.98. The average Bonchev–Trinajstić information content (AvgIpc) is 3.04. The van der Waals surface area contributed by atoms with Crippen LogP contribution in [0.2, 0.25) is 0 Å². The number of hydrogen-bond donors (Lipinski definition) is 2. The third-order valence-corrected chi connectivity index (χ3v) is 4.46. The van der Waals surface area contributed by atoms with Crippen LogP contribution in [0.5, 0.6) is 5.75 Å². The molecule has 1 atom stereocenters. The predicted molar refractivity (Wildman–Crippen MR) is 96.1 cm³/mol. The highest BCUT2D eigenvalue weighted by Crippen LogP contribution is 2.16. The summed E-state index contributed by atoms with van der Waals surface area (Å²) in [6.07, 6.45) is 4.54. The number of nitrogens with one attached hydrogen (secondary N) is 1. The number of nitrogens with two attached hydrogens (primary N) is 1. The lowest BCUT2D eigenvalue weighted by atomic mass is 10.1. The van der Waals surface area contributed by atoms with Crippen LogP contribution in [-0.4, -0.2) is 50.2 Å². The molecule has 0 radical (unpaired) electrons. The molecule has 1 heterocycles. The van der Waals surface area contributed by atoms with Crippen LogP contribution in [0.15, 0.2) is 29.3 Å². The summed E-state index contributed by atoms with van der Waals surface area (Å²) >= 11 is 0. The van der Waals surface area contributed by atoms with Crippen molar-refractivity contribution in [1.29, 1.82) is 0 Å². The summed E-state index contributed by atoms with van der Waals surface area (Å²) in [5, 5.41) is 3.22. The number of hydrogen-bond acceptors (Lipinski definition) is 3. The smallest absolute Gasteiger partial charge is 0.188 e. The SMILES string of the molecule is CCN1CCCC1CN=C(N)NCCCc1cccc(OC)c1. The van der Waals surface area contributed by atoms with Gasteiger partial charge in [0.1, 0.15) is 5.75 Å². The Balaban J connectivity index is 1.66. The van der Waals surface area contributed by atoms with E-state index in [9.17, 15) is 0 Å². The summed E-state index contributed by atoms with van der Waals surface area (Å²) < 4.78 is 5.24. The number of likely N-dealkylation sites (N-methyl/N-ethyl adjacent to an activating group) is 1.